The summed E-state index contributed by atoms with van der Waals surface area (Å²) in [4.78, 5) is 16.4. The fraction of sp³-hybridized carbons (Fsp3) is 0.0625. The maximum Gasteiger partial charge on any atom is 0.266 e. The van der Waals surface area contributed by atoms with Gasteiger partial charge in [-0.05, 0) is 60.2 Å². The zero-order valence-corrected chi connectivity index (χ0v) is 21.6. The minimum atomic E-state index is -0.161. The van der Waals surface area contributed by atoms with Gasteiger partial charge in [0.25, 0.3) is 5.91 Å². The molecule has 1 aliphatic heterocycles. The number of para-hydroxylation sites is 2. The Morgan fingerprint density at radius 3 is 2.03 bits per heavy atom. The summed E-state index contributed by atoms with van der Waals surface area (Å²) in [5.74, 6) is 0.755. The predicted octanol–water partition coefficient (Wildman–Crippen LogP) is 7.37. The number of hydrogen-bond acceptors (Lipinski definition) is 4. The Bertz CT molecular complexity index is 1580. The van der Waals surface area contributed by atoms with Crippen LogP contribution in [0.3, 0.4) is 0 Å². The van der Waals surface area contributed by atoms with Crippen LogP contribution in [-0.2, 0) is 4.79 Å². The number of rotatable bonds is 6. The van der Waals surface area contributed by atoms with E-state index in [1.165, 1.54) is 0 Å². The lowest BCUT2D eigenvalue weighted by Crippen LogP contribution is -2.27. The molecule has 6 rings (SSSR count). The lowest BCUT2D eigenvalue weighted by molar-refractivity contribution is -0.114. The minimum Gasteiger partial charge on any atom is -0.497 e. The van der Waals surface area contributed by atoms with Gasteiger partial charge in [0.1, 0.15) is 11.1 Å². The minimum absolute atomic E-state index is 0.0248. The molecule has 6 heteroatoms. The van der Waals surface area contributed by atoms with E-state index in [0.29, 0.717) is 4.91 Å². The Balaban J connectivity index is 1.46. The zero-order chi connectivity index (χ0) is 25.9. The highest BCUT2D eigenvalue weighted by molar-refractivity contribution is 8.05. The lowest BCUT2D eigenvalue weighted by atomic mass is 10.1. The number of methoxy groups -OCH3 is 1. The van der Waals surface area contributed by atoms with Crippen LogP contribution < -0.4 is 9.64 Å². The van der Waals surface area contributed by atoms with Gasteiger partial charge in [-0.15, -0.1) is 0 Å². The number of carbonyl (C=O) groups excluding carboxylic acids is 1. The molecule has 5 aromatic rings. The SMILES string of the molecule is COc1ccc(-c2nn(-c3ccccc3)cc2/C=C2\SC(c3ccccc3)N(c3ccccc3)C2=O)cc1. The third-order valence-electron chi connectivity index (χ3n) is 6.44. The van der Waals surface area contributed by atoms with Crippen LogP contribution in [0.1, 0.15) is 16.5 Å². The van der Waals surface area contributed by atoms with Crippen molar-refractivity contribution in [2.45, 2.75) is 5.37 Å². The average molecular weight is 516 g/mol. The molecule has 1 unspecified atom stereocenters. The molecule has 0 bridgehead atoms. The molecule has 0 radical (unpaired) electrons. The summed E-state index contributed by atoms with van der Waals surface area (Å²) in [5.41, 5.74) is 5.52. The molecule has 1 aliphatic rings. The fourth-order valence-corrected chi connectivity index (χ4v) is 5.79. The lowest BCUT2D eigenvalue weighted by Gasteiger charge is -2.23. The number of ether oxygens (including phenoxy) is 1. The molecule has 0 N–H and O–H groups in total. The first-order valence-electron chi connectivity index (χ1n) is 12.3. The van der Waals surface area contributed by atoms with E-state index in [-0.39, 0.29) is 11.3 Å². The van der Waals surface area contributed by atoms with E-state index in [4.69, 9.17) is 9.84 Å². The number of hydrogen-bond donors (Lipinski definition) is 0. The first-order valence-corrected chi connectivity index (χ1v) is 13.2. The van der Waals surface area contributed by atoms with E-state index in [1.54, 1.807) is 18.9 Å². The van der Waals surface area contributed by atoms with E-state index in [1.807, 2.05) is 125 Å². The Morgan fingerprint density at radius 1 is 0.789 bits per heavy atom. The maximum absolute atomic E-state index is 13.9. The summed E-state index contributed by atoms with van der Waals surface area (Å²) >= 11 is 1.57. The summed E-state index contributed by atoms with van der Waals surface area (Å²) in [5, 5.41) is 4.76. The van der Waals surface area contributed by atoms with Crippen LogP contribution in [0.15, 0.2) is 126 Å². The van der Waals surface area contributed by atoms with Crippen molar-refractivity contribution in [1.82, 2.24) is 9.78 Å². The molecule has 38 heavy (non-hydrogen) atoms. The molecular weight excluding hydrogens is 490 g/mol. The number of anilines is 1. The third kappa shape index (κ3) is 4.62. The molecule has 1 amide bonds. The number of benzene rings is 4. The number of thioether (sulfide) groups is 1. The van der Waals surface area contributed by atoms with Crippen LogP contribution in [0.5, 0.6) is 5.75 Å². The Labute approximate surface area is 226 Å². The van der Waals surface area contributed by atoms with Gasteiger partial charge in [0.05, 0.1) is 23.4 Å². The fourth-order valence-electron chi connectivity index (χ4n) is 4.54. The Hall–Kier alpha value is -4.55. The number of nitrogens with zero attached hydrogens (tertiary/aromatic N) is 3. The summed E-state index contributed by atoms with van der Waals surface area (Å²) in [6.07, 6.45) is 3.95. The molecule has 1 aromatic heterocycles. The highest BCUT2D eigenvalue weighted by atomic mass is 32.2. The van der Waals surface area contributed by atoms with Gasteiger partial charge < -0.3 is 4.74 Å². The largest absolute Gasteiger partial charge is 0.497 e. The van der Waals surface area contributed by atoms with Crippen molar-refractivity contribution in [2.24, 2.45) is 0 Å². The monoisotopic (exact) mass is 515 g/mol. The topological polar surface area (TPSA) is 47.4 Å². The second-order valence-electron chi connectivity index (χ2n) is 8.84. The number of aromatic nitrogens is 2. The van der Waals surface area contributed by atoms with Gasteiger partial charge in [-0.3, -0.25) is 9.69 Å². The van der Waals surface area contributed by atoms with Crippen molar-refractivity contribution >= 4 is 29.4 Å². The highest BCUT2D eigenvalue weighted by Gasteiger charge is 2.38. The van der Waals surface area contributed by atoms with E-state index in [2.05, 4.69) is 12.1 Å². The van der Waals surface area contributed by atoms with Crippen molar-refractivity contribution < 1.29 is 9.53 Å². The molecule has 1 atom stereocenters. The Kier molecular flexibility index (Phi) is 6.54. The number of amides is 1. The summed E-state index contributed by atoms with van der Waals surface area (Å²) in [6, 6.07) is 37.8. The predicted molar refractivity (Wildman–Crippen MR) is 154 cm³/mol. The van der Waals surface area contributed by atoms with Crippen LogP contribution in [0.2, 0.25) is 0 Å². The standard InChI is InChI=1S/C32H25N3O2S/c1-37-28-19-17-23(18-20-28)30-25(22-34(33-30)26-13-7-3-8-14-26)21-29-31(36)35(27-15-9-4-10-16-27)32(38-29)24-11-5-2-6-12-24/h2-22,32H,1H3/b29-21-. The maximum atomic E-state index is 13.9. The molecule has 1 fully saturated rings. The molecule has 5 nitrogen and oxygen atoms in total. The van der Waals surface area contributed by atoms with Crippen molar-refractivity contribution in [2.75, 3.05) is 12.0 Å². The Morgan fingerprint density at radius 2 is 1.39 bits per heavy atom. The molecule has 0 saturated carbocycles. The number of carbonyl (C=O) groups is 1. The van der Waals surface area contributed by atoms with Crippen molar-refractivity contribution in [3.05, 3.63) is 137 Å². The molecule has 4 aromatic carbocycles. The first-order chi connectivity index (χ1) is 18.7. The van der Waals surface area contributed by atoms with E-state index < -0.39 is 0 Å². The molecular formula is C32H25N3O2S. The summed E-state index contributed by atoms with van der Waals surface area (Å²) < 4.78 is 7.21. The van der Waals surface area contributed by atoms with Gasteiger partial charge in [0.15, 0.2) is 0 Å². The molecule has 0 aliphatic carbocycles. The van der Waals surface area contributed by atoms with Crippen LogP contribution in [0.4, 0.5) is 5.69 Å². The van der Waals surface area contributed by atoms with Gasteiger partial charge in [-0.2, -0.15) is 5.10 Å². The summed E-state index contributed by atoms with van der Waals surface area (Å²) in [6.45, 7) is 0. The van der Waals surface area contributed by atoms with Crippen molar-refractivity contribution in [1.29, 1.82) is 0 Å². The normalized spacial score (nSPS) is 16.2. The molecule has 0 spiro atoms. The first kappa shape index (κ1) is 23.8. The molecule has 1 saturated heterocycles. The third-order valence-corrected chi connectivity index (χ3v) is 7.69. The van der Waals surface area contributed by atoms with Gasteiger partial charge in [0, 0.05) is 23.0 Å². The van der Waals surface area contributed by atoms with Gasteiger partial charge in [-0.25, -0.2) is 4.68 Å². The summed E-state index contributed by atoms with van der Waals surface area (Å²) in [7, 11) is 1.65. The zero-order valence-electron chi connectivity index (χ0n) is 20.8. The van der Waals surface area contributed by atoms with Crippen LogP contribution in [0.25, 0.3) is 23.0 Å². The second kappa shape index (κ2) is 10.4. The van der Waals surface area contributed by atoms with Gasteiger partial charge >= 0.3 is 0 Å². The van der Waals surface area contributed by atoms with E-state index in [9.17, 15) is 4.79 Å². The van der Waals surface area contributed by atoms with E-state index in [0.717, 1.165) is 39.5 Å². The highest BCUT2D eigenvalue weighted by Crippen LogP contribution is 2.48. The quantitative estimate of drug-likeness (QED) is 0.222. The van der Waals surface area contributed by atoms with Gasteiger partial charge in [-0.1, -0.05) is 78.5 Å². The second-order valence-corrected chi connectivity index (χ2v) is 9.96. The van der Waals surface area contributed by atoms with Crippen molar-refractivity contribution in [3.63, 3.8) is 0 Å². The molecule has 186 valence electrons. The average Bonchev–Trinajstić information content (AvgIpc) is 3.56. The van der Waals surface area contributed by atoms with Crippen molar-refractivity contribution in [3.8, 4) is 22.7 Å². The van der Waals surface area contributed by atoms with Crippen LogP contribution >= 0.6 is 11.8 Å². The van der Waals surface area contributed by atoms with Crippen LogP contribution in [0, 0.1) is 0 Å². The molecule has 2 heterocycles. The smallest absolute Gasteiger partial charge is 0.266 e. The van der Waals surface area contributed by atoms with Gasteiger partial charge in [0.2, 0.25) is 0 Å². The van der Waals surface area contributed by atoms with E-state index >= 15 is 0 Å². The van der Waals surface area contributed by atoms with Crippen LogP contribution in [-0.4, -0.2) is 22.8 Å².